The van der Waals surface area contributed by atoms with Crippen molar-refractivity contribution in [2.45, 2.75) is 19.9 Å². The molecule has 1 fully saturated rings. The number of benzene rings is 2. The van der Waals surface area contributed by atoms with Gasteiger partial charge in [0.15, 0.2) is 0 Å². The van der Waals surface area contributed by atoms with Crippen molar-refractivity contribution in [2.75, 3.05) is 43.0 Å². The van der Waals surface area contributed by atoms with Gasteiger partial charge in [0.25, 0.3) is 5.69 Å². The third kappa shape index (κ3) is 5.01. The zero-order chi connectivity index (χ0) is 21.7. The van der Waals surface area contributed by atoms with E-state index in [0.717, 1.165) is 37.6 Å². The summed E-state index contributed by atoms with van der Waals surface area (Å²) in [4.78, 5) is 27.4. The smallest absolute Gasteiger partial charge is 0.271 e. The summed E-state index contributed by atoms with van der Waals surface area (Å²) in [6, 6.07) is 11.6. The lowest BCUT2D eigenvalue weighted by molar-refractivity contribution is -0.384. The van der Waals surface area contributed by atoms with Crippen molar-refractivity contribution in [3.63, 3.8) is 0 Å². The van der Waals surface area contributed by atoms with Crippen molar-refractivity contribution < 1.29 is 14.5 Å². The Hall–Kier alpha value is -2.84. The maximum absolute atomic E-state index is 12.7. The van der Waals surface area contributed by atoms with Crippen LogP contribution in [0.15, 0.2) is 42.5 Å². The van der Waals surface area contributed by atoms with Crippen molar-refractivity contribution in [1.82, 2.24) is 4.90 Å². The largest absolute Gasteiger partial charge is 0.492 e. The van der Waals surface area contributed by atoms with Gasteiger partial charge in [0, 0.05) is 38.3 Å². The molecule has 30 heavy (non-hydrogen) atoms. The van der Waals surface area contributed by atoms with Gasteiger partial charge >= 0.3 is 0 Å². The number of nitrogens with one attached hydrogen (secondary N) is 1. The zero-order valence-corrected chi connectivity index (χ0v) is 17.8. The molecule has 3 rings (SSSR count). The van der Waals surface area contributed by atoms with Gasteiger partial charge in [0.05, 0.1) is 34.0 Å². The van der Waals surface area contributed by atoms with Crippen LogP contribution in [0.2, 0.25) is 5.02 Å². The van der Waals surface area contributed by atoms with Gasteiger partial charge in [-0.05, 0) is 32.0 Å². The van der Waals surface area contributed by atoms with Crippen LogP contribution in [-0.4, -0.2) is 54.6 Å². The number of nitro groups is 1. The van der Waals surface area contributed by atoms with Gasteiger partial charge in [-0.1, -0.05) is 23.7 Å². The van der Waals surface area contributed by atoms with Crippen LogP contribution in [0.5, 0.6) is 5.75 Å². The maximum atomic E-state index is 12.7. The normalized spacial score (nSPS) is 15.5. The highest BCUT2D eigenvalue weighted by Crippen LogP contribution is 2.30. The van der Waals surface area contributed by atoms with Crippen molar-refractivity contribution in [1.29, 1.82) is 0 Å². The Balaban J connectivity index is 1.59. The molecule has 9 heteroatoms. The van der Waals surface area contributed by atoms with Crippen molar-refractivity contribution in [3.05, 3.63) is 57.6 Å². The first-order valence-electron chi connectivity index (χ1n) is 9.86. The number of non-ortho nitro benzene ring substituents is 1. The van der Waals surface area contributed by atoms with E-state index in [1.807, 2.05) is 38.1 Å². The quantitative estimate of drug-likeness (QED) is 0.529. The first-order valence-corrected chi connectivity index (χ1v) is 10.2. The highest BCUT2D eigenvalue weighted by molar-refractivity contribution is 6.34. The molecular weight excluding hydrogens is 408 g/mol. The Kier molecular flexibility index (Phi) is 7.12. The molecule has 1 amide bonds. The summed E-state index contributed by atoms with van der Waals surface area (Å²) in [5.74, 6) is 0.668. The van der Waals surface area contributed by atoms with E-state index in [0.29, 0.717) is 12.3 Å². The molecule has 1 aliphatic rings. The molecule has 1 aliphatic heterocycles. The van der Waals surface area contributed by atoms with E-state index in [1.165, 1.54) is 18.2 Å². The summed E-state index contributed by atoms with van der Waals surface area (Å²) in [7, 11) is 0. The van der Waals surface area contributed by atoms with E-state index in [1.54, 1.807) is 0 Å². The van der Waals surface area contributed by atoms with E-state index in [4.69, 9.17) is 16.3 Å². The number of halogens is 1. The van der Waals surface area contributed by atoms with Gasteiger partial charge in [0.1, 0.15) is 5.75 Å². The second-order valence-electron chi connectivity index (χ2n) is 7.01. The highest BCUT2D eigenvalue weighted by Gasteiger charge is 2.27. The summed E-state index contributed by atoms with van der Waals surface area (Å²) in [5.41, 5.74) is 1.31. The van der Waals surface area contributed by atoms with Gasteiger partial charge in [-0.2, -0.15) is 0 Å². The Morgan fingerprint density at radius 3 is 2.57 bits per heavy atom. The molecule has 1 atom stereocenters. The lowest BCUT2D eigenvalue weighted by atomic mass is 10.2. The Bertz CT molecular complexity index is 916. The molecule has 0 unspecified atom stereocenters. The van der Waals surface area contributed by atoms with E-state index < -0.39 is 4.92 Å². The Morgan fingerprint density at radius 1 is 1.23 bits per heavy atom. The SMILES string of the molecule is CCOc1ccccc1N1CCN([C@@H](C)C(=O)Nc2ccc([N+](=O)[O-])cc2Cl)CC1. The second kappa shape index (κ2) is 9.77. The van der Waals surface area contributed by atoms with Gasteiger partial charge in [-0.25, -0.2) is 0 Å². The summed E-state index contributed by atoms with van der Waals surface area (Å²) in [6.07, 6.45) is 0. The number of para-hydroxylation sites is 2. The molecule has 1 N–H and O–H groups in total. The number of nitrogens with zero attached hydrogens (tertiary/aromatic N) is 3. The van der Waals surface area contributed by atoms with Crippen LogP contribution < -0.4 is 15.0 Å². The topological polar surface area (TPSA) is 88.0 Å². The fourth-order valence-electron chi connectivity index (χ4n) is 3.47. The minimum Gasteiger partial charge on any atom is -0.492 e. The highest BCUT2D eigenvalue weighted by atomic mass is 35.5. The van der Waals surface area contributed by atoms with Gasteiger partial charge in [-0.15, -0.1) is 0 Å². The molecule has 0 aliphatic carbocycles. The molecule has 160 valence electrons. The number of hydrogen-bond acceptors (Lipinski definition) is 6. The lowest BCUT2D eigenvalue weighted by Crippen LogP contribution is -2.52. The molecule has 0 spiro atoms. The average molecular weight is 433 g/mol. The van der Waals surface area contributed by atoms with Crippen LogP contribution >= 0.6 is 11.6 Å². The van der Waals surface area contributed by atoms with E-state index >= 15 is 0 Å². The lowest BCUT2D eigenvalue weighted by Gasteiger charge is -2.39. The number of amides is 1. The molecule has 1 saturated heterocycles. The van der Waals surface area contributed by atoms with Crippen molar-refractivity contribution >= 4 is 34.6 Å². The number of carbonyl (C=O) groups is 1. The van der Waals surface area contributed by atoms with Crippen molar-refractivity contribution in [3.8, 4) is 5.75 Å². The van der Waals surface area contributed by atoms with Crippen LogP contribution in [0.1, 0.15) is 13.8 Å². The number of piperazine rings is 1. The number of rotatable bonds is 7. The summed E-state index contributed by atoms with van der Waals surface area (Å²) in [5, 5.41) is 13.7. The van der Waals surface area contributed by atoms with Gasteiger partial charge in [0.2, 0.25) is 5.91 Å². The number of carbonyl (C=O) groups excluding carboxylic acids is 1. The molecule has 0 aromatic heterocycles. The van der Waals surface area contributed by atoms with Gasteiger partial charge < -0.3 is 15.0 Å². The predicted octanol–water partition coefficient (Wildman–Crippen LogP) is 3.80. The molecule has 0 radical (unpaired) electrons. The summed E-state index contributed by atoms with van der Waals surface area (Å²) < 4.78 is 5.73. The molecule has 1 heterocycles. The van der Waals surface area contributed by atoms with E-state index in [9.17, 15) is 14.9 Å². The number of ether oxygens (including phenoxy) is 1. The molecule has 2 aromatic rings. The minimum absolute atomic E-state index is 0.116. The number of nitro benzene ring substituents is 1. The molecule has 2 aromatic carbocycles. The fourth-order valence-corrected chi connectivity index (χ4v) is 3.69. The minimum atomic E-state index is -0.525. The predicted molar refractivity (Wildman–Crippen MR) is 118 cm³/mol. The summed E-state index contributed by atoms with van der Waals surface area (Å²) in [6.45, 7) is 7.43. The monoisotopic (exact) mass is 432 g/mol. The maximum Gasteiger partial charge on any atom is 0.271 e. The van der Waals surface area contributed by atoms with Crippen LogP contribution in [0.25, 0.3) is 0 Å². The van der Waals surface area contributed by atoms with Crippen LogP contribution in [-0.2, 0) is 4.79 Å². The standard InChI is InChI=1S/C21H25ClN4O4/c1-3-30-20-7-5-4-6-19(20)25-12-10-24(11-13-25)15(2)21(27)23-18-9-8-16(26(28)29)14-17(18)22/h4-9,14-15H,3,10-13H2,1-2H3,(H,23,27)/t15-/m0/s1. The van der Waals surface area contributed by atoms with Crippen LogP contribution in [0.3, 0.4) is 0 Å². The van der Waals surface area contributed by atoms with E-state index in [2.05, 4.69) is 15.1 Å². The zero-order valence-electron chi connectivity index (χ0n) is 17.0. The number of anilines is 2. The third-order valence-electron chi connectivity index (χ3n) is 5.17. The number of hydrogen-bond donors (Lipinski definition) is 1. The summed E-state index contributed by atoms with van der Waals surface area (Å²) >= 11 is 6.08. The molecule has 0 bridgehead atoms. The first-order chi connectivity index (χ1) is 14.4. The second-order valence-corrected chi connectivity index (χ2v) is 7.42. The Labute approximate surface area is 180 Å². The molecule has 0 saturated carbocycles. The van der Waals surface area contributed by atoms with Crippen molar-refractivity contribution in [2.24, 2.45) is 0 Å². The average Bonchev–Trinajstić information content (AvgIpc) is 2.75. The van der Waals surface area contributed by atoms with Crippen LogP contribution in [0.4, 0.5) is 17.1 Å². The third-order valence-corrected chi connectivity index (χ3v) is 5.48. The van der Waals surface area contributed by atoms with Crippen LogP contribution in [0, 0.1) is 10.1 Å². The van der Waals surface area contributed by atoms with Gasteiger partial charge in [-0.3, -0.25) is 19.8 Å². The molecular formula is C21H25ClN4O4. The van der Waals surface area contributed by atoms with E-state index in [-0.39, 0.29) is 22.7 Å². The molecule has 8 nitrogen and oxygen atoms in total. The first kappa shape index (κ1) is 21.9. The fraction of sp³-hybridized carbons (Fsp3) is 0.381. The Morgan fingerprint density at radius 2 is 1.93 bits per heavy atom.